The molecule has 3 aromatic rings. The average molecular weight is 413 g/mol. The Morgan fingerprint density at radius 3 is 2.53 bits per heavy atom. The molecule has 2 heterocycles. The number of fused-ring (bicyclic) bond motifs is 1. The van der Waals surface area contributed by atoms with Crippen molar-refractivity contribution in [3.8, 4) is 0 Å². The number of imidazole rings is 1. The number of amides is 1. The Hall–Kier alpha value is -3.42. The molecule has 2 aromatic carbocycles. The summed E-state index contributed by atoms with van der Waals surface area (Å²) in [4.78, 5) is 34.1. The topological polar surface area (TPSA) is 66.1 Å². The van der Waals surface area contributed by atoms with Crippen LogP contribution >= 0.6 is 0 Å². The Morgan fingerprint density at radius 1 is 1.10 bits per heavy atom. The second-order valence-electron chi connectivity index (χ2n) is 7.15. The van der Waals surface area contributed by atoms with Gasteiger partial charge in [-0.15, -0.1) is 0 Å². The minimum absolute atomic E-state index is 0.0489. The summed E-state index contributed by atoms with van der Waals surface area (Å²) in [7, 11) is 0. The fourth-order valence-corrected chi connectivity index (χ4v) is 3.66. The molecule has 0 saturated heterocycles. The normalized spacial score (nSPS) is 13.8. The van der Waals surface area contributed by atoms with Crippen molar-refractivity contribution in [2.24, 2.45) is 0 Å². The number of nitrogens with one attached hydrogen (secondary N) is 1. The van der Waals surface area contributed by atoms with Gasteiger partial charge in [-0.1, -0.05) is 30.3 Å². The molecular weight excluding hydrogens is 395 g/mol. The second-order valence-corrected chi connectivity index (χ2v) is 7.15. The molecule has 1 amide bonds. The first-order valence-corrected chi connectivity index (χ1v) is 9.41. The number of H-pyrrole nitrogens is 1. The van der Waals surface area contributed by atoms with Gasteiger partial charge in [-0.05, 0) is 29.7 Å². The number of carbonyl (C=O) groups excluding carboxylic acids is 2. The maximum absolute atomic E-state index is 12.9. The van der Waals surface area contributed by atoms with Crippen LogP contribution in [0.1, 0.15) is 38.3 Å². The lowest BCUT2D eigenvalue weighted by Gasteiger charge is -2.30. The Morgan fingerprint density at radius 2 is 1.87 bits per heavy atom. The number of aromatic nitrogens is 2. The number of carbonyl (C=O) groups is 2. The molecule has 1 aliphatic heterocycles. The maximum atomic E-state index is 12.9. The Bertz CT molecular complexity index is 1070. The minimum atomic E-state index is -4.45. The van der Waals surface area contributed by atoms with Crippen molar-refractivity contribution in [3.05, 3.63) is 88.5 Å². The van der Waals surface area contributed by atoms with Crippen LogP contribution in [0.3, 0.4) is 0 Å². The highest BCUT2D eigenvalue weighted by atomic mass is 19.4. The van der Waals surface area contributed by atoms with Crippen molar-refractivity contribution in [1.82, 2.24) is 14.9 Å². The monoisotopic (exact) mass is 413 g/mol. The summed E-state index contributed by atoms with van der Waals surface area (Å²) >= 11 is 0. The zero-order chi connectivity index (χ0) is 21.3. The van der Waals surface area contributed by atoms with Gasteiger partial charge in [-0.25, -0.2) is 4.98 Å². The first-order chi connectivity index (χ1) is 14.3. The summed E-state index contributed by atoms with van der Waals surface area (Å²) < 4.78 is 38.3. The van der Waals surface area contributed by atoms with Crippen LogP contribution in [0, 0.1) is 0 Å². The van der Waals surface area contributed by atoms with Crippen LogP contribution in [0.2, 0.25) is 0 Å². The van der Waals surface area contributed by atoms with E-state index in [1.807, 2.05) is 6.07 Å². The number of ketones is 1. The van der Waals surface area contributed by atoms with Gasteiger partial charge in [-0.3, -0.25) is 9.59 Å². The predicted molar refractivity (Wildman–Crippen MR) is 103 cm³/mol. The minimum Gasteiger partial charge on any atom is -0.351 e. The molecule has 0 unspecified atom stereocenters. The Labute approximate surface area is 170 Å². The van der Waals surface area contributed by atoms with Crippen molar-refractivity contribution in [2.45, 2.75) is 25.6 Å². The SMILES string of the molecule is O=C(c1ccc(C(F)(F)F)cc1)c1cccc2c1CCN(C(=O)Cc1c[nH]cn1)C2. The van der Waals surface area contributed by atoms with Gasteiger partial charge >= 0.3 is 6.18 Å². The summed E-state index contributed by atoms with van der Waals surface area (Å²) in [6, 6.07) is 9.51. The highest BCUT2D eigenvalue weighted by Gasteiger charge is 2.30. The number of halogens is 3. The van der Waals surface area contributed by atoms with E-state index in [9.17, 15) is 22.8 Å². The molecule has 1 aromatic heterocycles. The third-order valence-electron chi connectivity index (χ3n) is 5.22. The third-order valence-corrected chi connectivity index (χ3v) is 5.22. The van der Waals surface area contributed by atoms with E-state index < -0.39 is 11.7 Å². The quantitative estimate of drug-likeness (QED) is 0.662. The van der Waals surface area contributed by atoms with Crippen LogP contribution in [0.5, 0.6) is 0 Å². The van der Waals surface area contributed by atoms with E-state index in [-0.39, 0.29) is 23.7 Å². The molecule has 1 N–H and O–H groups in total. The first-order valence-electron chi connectivity index (χ1n) is 9.41. The lowest BCUT2D eigenvalue weighted by Crippen LogP contribution is -2.37. The van der Waals surface area contributed by atoms with E-state index in [2.05, 4.69) is 9.97 Å². The molecule has 8 heteroatoms. The van der Waals surface area contributed by atoms with Crippen LogP contribution in [0.4, 0.5) is 13.2 Å². The number of hydrogen-bond acceptors (Lipinski definition) is 3. The molecule has 30 heavy (non-hydrogen) atoms. The number of alkyl halides is 3. The standard InChI is InChI=1S/C22H18F3N3O2/c23-22(24,25)16-6-4-14(5-7-16)21(30)19-3-1-2-15-12-28(9-8-18(15)19)20(29)10-17-11-26-13-27-17/h1-7,11,13H,8-10,12H2,(H,26,27). The molecule has 0 bridgehead atoms. The summed E-state index contributed by atoms with van der Waals surface area (Å²) in [6.45, 7) is 0.848. The molecule has 0 saturated carbocycles. The van der Waals surface area contributed by atoms with Crippen LogP contribution < -0.4 is 0 Å². The van der Waals surface area contributed by atoms with Gasteiger partial charge in [0.1, 0.15) is 0 Å². The van der Waals surface area contributed by atoms with Crippen LogP contribution in [-0.2, 0) is 30.4 Å². The van der Waals surface area contributed by atoms with Gasteiger partial charge in [0, 0.05) is 30.4 Å². The molecule has 0 radical (unpaired) electrons. The van der Waals surface area contributed by atoms with Gasteiger partial charge in [0.2, 0.25) is 5.91 Å². The highest BCUT2D eigenvalue weighted by molar-refractivity contribution is 6.10. The third kappa shape index (κ3) is 3.98. The van der Waals surface area contributed by atoms with Crippen LogP contribution in [0.15, 0.2) is 55.0 Å². The van der Waals surface area contributed by atoms with Gasteiger partial charge in [-0.2, -0.15) is 13.2 Å². The Balaban J connectivity index is 1.53. The molecule has 0 aliphatic carbocycles. The smallest absolute Gasteiger partial charge is 0.351 e. The number of aromatic amines is 1. The molecule has 4 rings (SSSR count). The van der Waals surface area contributed by atoms with Gasteiger partial charge in [0.25, 0.3) is 0 Å². The summed E-state index contributed by atoms with van der Waals surface area (Å²) in [5, 5.41) is 0. The second kappa shape index (κ2) is 7.78. The van der Waals surface area contributed by atoms with Crippen molar-refractivity contribution < 1.29 is 22.8 Å². The van der Waals surface area contributed by atoms with Gasteiger partial charge < -0.3 is 9.88 Å². The number of benzene rings is 2. The zero-order valence-corrected chi connectivity index (χ0v) is 15.9. The summed E-state index contributed by atoms with van der Waals surface area (Å²) in [5.41, 5.74) is 2.25. The largest absolute Gasteiger partial charge is 0.416 e. The Kier molecular flexibility index (Phi) is 5.15. The van der Waals surface area contributed by atoms with Gasteiger partial charge in [0.15, 0.2) is 5.78 Å². The van der Waals surface area contributed by atoms with Crippen LogP contribution in [-0.4, -0.2) is 33.1 Å². The molecule has 5 nitrogen and oxygen atoms in total. The molecule has 154 valence electrons. The van der Waals surface area contributed by atoms with E-state index >= 15 is 0 Å². The van der Waals surface area contributed by atoms with Crippen molar-refractivity contribution in [3.63, 3.8) is 0 Å². The summed E-state index contributed by atoms with van der Waals surface area (Å²) in [6.07, 6.45) is -0.545. The maximum Gasteiger partial charge on any atom is 0.416 e. The van der Waals surface area contributed by atoms with Crippen LogP contribution in [0.25, 0.3) is 0 Å². The molecule has 1 aliphatic rings. The van der Waals surface area contributed by atoms with E-state index in [0.29, 0.717) is 30.8 Å². The number of hydrogen-bond donors (Lipinski definition) is 1. The lowest BCUT2D eigenvalue weighted by molar-refractivity contribution is -0.137. The number of nitrogens with zero attached hydrogens (tertiary/aromatic N) is 2. The van der Waals surface area contributed by atoms with Gasteiger partial charge in [0.05, 0.1) is 24.0 Å². The number of rotatable bonds is 4. The summed E-state index contributed by atoms with van der Waals surface area (Å²) in [5.74, 6) is -0.371. The fourth-order valence-electron chi connectivity index (χ4n) is 3.66. The molecule has 0 spiro atoms. The average Bonchev–Trinajstić information content (AvgIpc) is 3.25. The van der Waals surface area contributed by atoms with E-state index in [0.717, 1.165) is 23.3 Å². The van der Waals surface area contributed by atoms with Crippen molar-refractivity contribution in [2.75, 3.05) is 6.54 Å². The molecule has 0 atom stereocenters. The first kappa shape index (κ1) is 19.9. The molecular formula is C22H18F3N3O2. The fraction of sp³-hybridized carbons (Fsp3) is 0.227. The van der Waals surface area contributed by atoms with Crippen molar-refractivity contribution in [1.29, 1.82) is 0 Å². The predicted octanol–water partition coefficient (Wildman–Crippen LogP) is 3.79. The van der Waals surface area contributed by atoms with E-state index in [1.54, 1.807) is 23.2 Å². The zero-order valence-electron chi connectivity index (χ0n) is 15.9. The van der Waals surface area contributed by atoms with E-state index in [1.165, 1.54) is 18.5 Å². The molecule has 0 fully saturated rings. The van der Waals surface area contributed by atoms with E-state index in [4.69, 9.17) is 0 Å². The highest BCUT2D eigenvalue weighted by Crippen LogP contribution is 2.30. The lowest BCUT2D eigenvalue weighted by atomic mass is 9.90. The van der Waals surface area contributed by atoms with Crippen molar-refractivity contribution >= 4 is 11.7 Å².